The number of amidine groups is 1. The van der Waals surface area contributed by atoms with Gasteiger partial charge in [-0.1, -0.05) is 12.1 Å². The van der Waals surface area contributed by atoms with Crippen LogP contribution in [-0.2, 0) is 25.7 Å². The molecule has 1 amide bonds. The fourth-order valence-corrected chi connectivity index (χ4v) is 3.55. The van der Waals surface area contributed by atoms with Gasteiger partial charge in [-0.05, 0) is 47.7 Å². The van der Waals surface area contributed by atoms with E-state index in [0.29, 0.717) is 28.2 Å². The zero-order valence-electron chi connectivity index (χ0n) is 18.6. The van der Waals surface area contributed by atoms with Crippen molar-refractivity contribution in [1.82, 2.24) is 5.32 Å². The largest absolute Gasteiger partial charge is 0.496 e. The quantitative estimate of drug-likeness (QED) is 0.263. The van der Waals surface area contributed by atoms with Crippen molar-refractivity contribution >= 4 is 41.0 Å². The van der Waals surface area contributed by atoms with Crippen LogP contribution in [0.3, 0.4) is 0 Å². The number of nitrogens with zero attached hydrogens (tertiary/aromatic N) is 2. The van der Waals surface area contributed by atoms with Crippen LogP contribution < -0.4 is 14.8 Å². The van der Waals surface area contributed by atoms with E-state index in [4.69, 9.17) is 14.2 Å². The number of hydrogen-bond donors (Lipinski definition) is 1. The van der Waals surface area contributed by atoms with Gasteiger partial charge in [0.25, 0.3) is 5.91 Å². The summed E-state index contributed by atoms with van der Waals surface area (Å²) in [5.41, 5.74) is 1.73. The predicted molar refractivity (Wildman–Crippen MR) is 126 cm³/mol. The lowest BCUT2D eigenvalue weighted by Crippen LogP contribution is -2.19. The molecule has 0 atom stereocenters. The Labute approximate surface area is 199 Å². The molecule has 0 radical (unpaired) electrons. The highest BCUT2D eigenvalue weighted by atomic mass is 32.2. The Balaban J connectivity index is 1.73. The molecular formula is C23H21N3O7S. The minimum atomic E-state index is -0.635. The van der Waals surface area contributed by atoms with E-state index in [-0.39, 0.29) is 16.7 Å². The van der Waals surface area contributed by atoms with Gasteiger partial charge < -0.3 is 18.9 Å². The molecule has 11 heteroatoms. The minimum absolute atomic E-state index is 0.126. The molecule has 1 heterocycles. The zero-order chi connectivity index (χ0) is 24.5. The summed E-state index contributed by atoms with van der Waals surface area (Å²) in [7, 11) is 4.07. The van der Waals surface area contributed by atoms with Crippen molar-refractivity contribution in [2.75, 3.05) is 21.3 Å². The summed E-state index contributed by atoms with van der Waals surface area (Å²) >= 11 is 0.976. The average Bonchev–Trinajstić information content (AvgIpc) is 3.20. The van der Waals surface area contributed by atoms with E-state index in [2.05, 4.69) is 20.3 Å². The van der Waals surface area contributed by atoms with E-state index in [9.17, 15) is 14.4 Å². The first-order chi connectivity index (χ1) is 16.4. The molecule has 0 bridgehead atoms. The fourth-order valence-electron chi connectivity index (χ4n) is 2.81. The maximum absolute atomic E-state index is 11.9. The van der Waals surface area contributed by atoms with Crippen LogP contribution in [0, 0.1) is 0 Å². The third kappa shape index (κ3) is 6.23. The number of benzene rings is 2. The van der Waals surface area contributed by atoms with E-state index in [1.165, 1.54) is 20.4 Å². The predicted octanol–water partition coefficient (Wildman–Crippen LogP) is 2.67. The van der Waals surface area contributed by atoms with Crippen molar-refractivity contribution < 1.29 is 33.3 Å². The number of carbonyl (C=O) groups excluding carboxylic acids is 3. The number of thioether (sulfide) groups is 1. The Kier molecular flexibility index (Phi) is 8.41. The second-order valence-electron chi connectivity index (χ2n) is 6.59. The SMILES string of the molecule is COC(=O)/C=C1/S/C(=N\N=Cc2ccc(OC)c(COc3ccccc3C(=O)OC)c2)NC1=O. The molecular weight excluding hydrogens is 462 g/mol. The van der Waals surface area contributed by atoms with Crippen LogP contribution in [-0.4, -0.2) is 50.6 Å². The van der Waals surface area contributed by atoms with Crippen LogP contribution in [0.1, 0.15) is 21.5 Å². The Bertz CT molecular complexity index is 1190. The van der Waals surface area contributed by atoms with E-state index in [1.54, 1.807) is 49.6 Å². The van der Waals surface area contributed by atoms with Crippen molar-refractivity contribution in [3.8, 4) is 11.5 Å². The Hall–Kier alpha value is -4.12. The maximum Gasteiger partial charge on any atom is 0.341 e. The highest BCUT2D eigenvalue weighted by Crippen LogP contribution is 2.25. The summed E-state index contributed by atoms with van der Waals surface area (Å²) in [5, 5.41) is 10.7. The molecule has 0 spiro atoms. The van der Waals surface area contributed by atoms with Crippen molar-refractivity contribution in [2.24, 2.45) is 10.2 Å². The first kappa shape index (κ1) is 24.5. The van der Waals surface area contributed by atoms with Gasteiger partial charge >= 0.3 is 11.9 Å². The van der Waals surface area contributed by atoms with Crippen LogP contribution in [0.4, 0.5) is 0 Å². The summed E-state index contributed by atoms with van der Waals surface area (Å²) in [5.74, 6) is -0.615. The second kappa shape index (κ2) is 11.7. The minimum Gasteiger partial charge on any atom is -0.496 e. The topological polar surface area (TPSA) is 125 Å². The molecule has 1 saturated heterocycles. The number of hydrogen-bond acceptors (Lipinski definition) is 10. The van der Waals surface area contributed by atoms with E-state index >= 15 is 0 Å². The maximum atomic E-state index is 11.9. The summed E-state index contributed by atoms with van der Waals surface area (Å²) in [4.78, 5) is 35.3. The number of rotatable bonds is 8. The Morgan fingerprint density at radius 1 is 1.06 bits per heavy atom. The molecule has 1 fully saturated rings. The van der Waals surface area contributed by atoms with Gasteiger partial charge in [0.05, 0.1) is 32.4 Å². The number of carbonyl (C=O) groups is 3. The van der Waals surface area contributed by atoms with Gasteiger partial charge in [-0.3, -0.25) is 10.1 Å². The zero-order valence-corrected chi connectivity index (χ0v) is 19.4. The molecule has 1 aliphatic heterocycles. The van der Waals surface area contributed by atoms with Gasteiger partial charge in [0.2, 0.25) is 0 Å². The highest BCUT2D eigenvalue weighted by Gasteiger charge is 2.25. The van der Waals surface area contributed by atoms with E-state index in [0.717, 1.165) is 17.8 Å². The second-order valence-corrected chi connectivity index (χ2v) is 7.62. The van der Waals surface area contributed by atoms with Crippen molar-refractivity contribution in [3.05, 3.63) is 70.1 Å². The molecule has 2 aromatic rings. The third-order valence-corrected chi connectivity index (χ3v) is 5.34. The summed E-state index contributed by atoms with van der Waals surface area (Å²) in [6, 6.07) is 12.1. The highest BCUT2D eigenvalue weighted by molar-refractivity contribution is 8.18. The van der Waals surface area contributed by atoms with E-state index in [1.807, 2.05) is 0 Å². The van der Waals surface area contributed by atoms with Gasteiger partial charge in [0, 0.05) is 11.6 Å². The van der Waals surface area contributed by atoms with Gasteiger partial charge in [-0.2, -0.15) is 5.10 Å². The van der Waals surface area contributed by atoms with Crippen molar-refractivity contribution in [2.45, 2.75) is 6.61 Å². The van der Waals surface area contributed by atoms with Crippen LogP contribution in [0.25, 0.3) is 0 Å². The standard InChI is InChI=1S/C23H21N3O7S/c1-30-17-9-8-14(12-24-26-23-25-21(28)19(34-23)11-20(27)31-2)10-15(17)13-33-18-7-5-4-6-16(18)22(29)32-3/h4-12H,13H2,1-3H3,(H,25,26,28)/b19-11+,24-12?. The number of esters is 2. The van der Waals surface area contributed by atoms with Gasteiger partial charge in [0.1, 0.15) is 23.7 Å². The van der Waals surface area contributed by atoms with Gasteiger partial charge in [-0.15, -0.1) is 5.10 Å². The first-order valence-electron chi connectivity index (χ1n) is 9.82. The van der Waals surface area contributed by atoms with E-state index < -0.39 is 17.8 Å². The lowest BCUT2D eigenvalue weighted by Gasteiger charge is -2.13. The van der Waals surface area contributed by atoms with Crippen LogP contribution >= 0.6 is 11.8 Å². The van der Waals surface area contributed by atoms with Crippen LogP contribution in [0.15, 0.2) is 63.6 Å². The monoisotopic (exact) mass is 483 g/mol. The number of nitrogens with one attached hydrogen (secondary N) is 1. The summed E-state index contributed by atoms with van der Waals surface area (Å²) in [6.07, 6.45) is 2.58. The van der Waals surface area contributed by atoms with Crippen molar-refractivity contribution in [3.63, 3.8) is 0 Å². The third-order valence-electron chi connectivity index (χ3n) is 4.44. The Morgan fingerprint density at radius 3 is 2.59 bits per heavy atom. The molecule has 3 rings (SSSR count). The molecule has 176 valence electrons. The van der Waals surface area contributed by atoms with Gasteiger partial charge in [-0.25, -0.2) is 9.59 Å². The average molecular weight is 484 g/mol. The Morgan fingerprint density at radius 2 is 1.85 bits per heavy atom. The molecule has 2 aromatic carbocycles. The number of para-hydroxylation sites is 1. The van der Waals surface area contributed by atoms with Crippen LogP contribution in [0.2, 0.25) is 0 Å². The smallest absolute Gasteiger partial charge is 0.341 e. The normalized spacial score (nSPS) is 15.4. The fraction of sp³-hybridized carbons (Fsp3) is 0.174. The molecule has 0 saturated carbocycles. The molecule has 0 aliphatic carbocycles. The molecule has 10 nitrogen and oxygen atoms in total. The number of amides is 1. The lowest BCUT2D eigenvalue weighted by atomic mass is 10.1. The molecule has 0 aromatic heterocycles. The number of methoxy groups -OCH3 is 3. The molecule has 1 aliphatic rings. The lowest BCUT2D eigenvalue weighted by molar-refractivity contribution is -0.135. The summed E-state index contributed by atoms with van der Waals surface area (Å²) in [6.45, 7) is 0.126. The van der Waals surface area contributed by atoms with Crippen molar-refractivity contribution in [1.29, 1.82) is 0 Å². The first-order valence-corrected chi connectivity index (χ1v) is 10.6. The number of ether oxygens (including phenoxy) is 4. The molecule has 34 heavy (non-hydrogen) atoms. The van der Waals surface area contributed by atoms with Crippen LogP contribution in [0.5, 0.6) is 11.5 Å². The molecule has 1 N–H and O–H groups in total. The van der Waals surface area contributed by atoms with Gasteiger partial charge in [0.15, 0.2) is 5.17 Å². The molecule has 0 unspecified atom stereocenters. The summed E-state index contributed by atoms with van der Waals surface area (Å²) < 4.78 is 20.6.